The minimum atomic E-state index is -0.0667. The maximum atomic E-state index is 13.2. The average Bonchev–Trinajstić information content (AvgIpc) is 3.93. The first-order chi connectivity index (χ1) is 25.8. The second-order valence-corrected chi connectivity index (χ2v) is 14.8. The number of anilines is 2. The summed E-state index contributed by atoms with van der Waals surface area (Å²) in [4.78, 5) is 36.9. The van der Waals surface area contributed by atoms with Gasteiger partial charge in [-0.3, -0.25) is 9.69 Å². The molecule has 4 aliphatic heterocycles. The summed E-state index contributed by atoms with van der Waals surface area (Å²) in [5, 5.41) is 14.3. The van der Waals surface area contributed by atoms with Gasteiger partial charge in [-0.1, -0.05) is 54.9 Å². The molecule has 8 rings (SSSR count). The summed E-state index contributed by atoms with van der Waals surface area (Å²) < 4.78 is 11.9. The maximum Gasteiger partial charge on any atom is 0.318 e. The average molecular weight is 738 g/mol. The van der Waals surface area contributed by atoms with Gasteiger partial charge in [0, 0.05) is 74.4 Å². The van der Waals surface area contributed by atoms with Gasteiger partial charge in [-0.15, -0.1) is 0 Å². The van der Waals surface area contributed by atoms with E-state index < -0.39 is 0 Å². The first-order valence-corrected chi connectivity index (χ1v) is 19.3. The number of rotatable bonds is 9. The molecule has 1 atom stereocenters. The van der Waals surface area contributed by atoms with Gasteiger partial charge < -0.3 is 24.0 Å². The molecule has 2 aromatic carbocycles. The normalized spacial score (nSPS) is 18.7. The zero-order valence-electron chi connectivity index (χ0n) is 30.9. The lowest BCUT2D eigenvalue weighted by atomic mass is 9.95. The quantitative estimate of drug-likeness (QED) is 0.172. The first kappa shape index (κ1) is 36.6. The Kier molecular flexibility index (Phi) is 11.1. The van der Waals surface area contributed by atoms with E-state index in [4.69, 9.17) is 36.1 Å². The van der Waals surface area contributed by atoms with Crippen LogP contribution in [0.2, 0.25) is 5.02 Å². The third-order valence-corrected chi connectivity index (χ3v) is 11.6. The number of nitriles is 1. The second kappa shape index (κ2) is 16.1. The molecule has 1 amide bonds. The van der Waals surface area contributed by atoms with Gasteiger partial charge in [0.15, 0.2) is 5.82 Å². The lowest BCUT2D eigenvalue weighted by Gasteiger charge is -2.38. The molecule has 13 heteroatoms. The number of amides is 1. The topological polar surface area (TPSA) is 128 Å². The number of ether oxygens (including phenoxy) is 1. The van der Waals surface area contributed by atoms with Gasteiger partial charge in [-0.2, -0.15) is 20.2 Å². The summed E-state index contributed by atoms with van der Waals surface area (Å²) in [6.45, 7) is 12.4. The predicted octanol–water partition coefficient (Wildman–Crippen LogP) is 6.64. The molecule has 1 unspecified atom stereocenters. The Balaban J connectivity index is 0.00000140. The molecule has 53 heavy (non-hydrogen) atoms. The van der Waals surface area contributed by atoms with Crippen LogP contribution in [0.3, 0.4) is 0 Å². The molecule has 4 aromatic rings. The van der Waals surface area contributed by atoms with Gasteiger partial charge >= 0.3 is 6.01 Å². The van der Waals surface area contributed by atoms with Gasteiger partial charge in [0.2, 0.25) is 5.91 Å². The standard InChI is InChI=1S/C38H45ClN8O3.C2H3N/c1-3-26(2)35-41-32(50-43-35)12-13-33(48)44-20-22-45(23-21-44)36-28-14-19-46(31-11-5-9-27-8-4-10-29(39)34(27)31)24-30(28)40-37(42-36)49-25-38-15-6-17-47(38)18-7-16-38;1-2-3/h4-5,8-13,26H,3,6-7,14-25H2,1-2H3;1H3/b13-12+;. The van der Waals surface area contributed by atoms with Crippen molar-refractivity contribution in [2.45, 2.75) is 77.3 Å². The Labute approximate surface area is 316 Å². The van der Waals surface area contributed by atoms with Crippen molar-refractivity contribution in [2.24, 2.45) is 0 Å². The molecule has 0 saturated carbocycles. The monoisotopic (exact) mass is 737 g/mol. The summed E-state index contributed by atoms with van der Waals surface area (Å²) in [5.74, 6) is 2.09. The molecule has 6 heterocycles. The number of nitrogens with zero attached hydrogens (tertiary/aromatic N) is 9. The summed E-state index contributed by atoms with van der Waals surface area (Å²) in [5.41, 5.74) is 3.37. The SMILES string of the molecule is CC#N.CCC(C)c1noc(/C=C/C(=O)N2CCN(c3nc(OCC45CCCN4CCC5)nc4c3CCN(c3cccc5cccc(Cl)c35)C4)CC2)n1. The number of carbonyl (C=O) groups excluding carboxylic acids is 1. The predicted molar refractivity (Wildman–Crippen MR) is 206 cm³/mol. The van der Waals surface area contributed by atoms with E-state index in [1.807, 2.05) is 17.0 Å². The molecule has 0 spiro atoms. The van der Waals surface area contributed by atoms with Crippen molar-refractivity contribution < 1.29 is 14.1 Å². The fraction of sp³-hybridized carbons (Fsp3) is 0.500. The minimum Gasteiger partial charge on any atom is -0.461 e. The highest BCUT2D eigenvalue weighted by atomic mass is 35.5. The van der Waals surface area contributed by atoms with E-state index in [2.05, 4.69) is 63.0 Å². The van der Waals surface area contributed by atoms with E-state index in [0.717, 1.165) is 83.9 Å². The van der Waals surface area contributed by atoms with Crippen molar-refractivity contribution in [2.75, 3.05) is 62.2 Å². The van der Waals surface area contributed by atoms with Crippen LogP contribution in [0.25, 0.3) is 16.8 Å². The molecule has 4 aliphatic rings. The van der Waals surface area contributed by atoms with Gasteiger partial charge in [0.1, 0.15) is 12.4 Å². The van der Waals surface area contributed by atoms with Crippen LogP contribution in [0.5, 0.6) is 6.01 Å². The molecule has 3 fully saturated rings. The number of halogens is 1. The molecule has 0 aliphatic carbocycles. The molecular formula is C40H48ClN9O3. The number of benzene rings is 2. The van der Waals surface area contributed by atoms with Crippen molar-refractivity contribution in [1.82, 2.24) is 29.9 Å². The second-order valence-electron chi connectivity index (χ2n) is 14.4. The number of aromatic nitrogens is 4. The number of fused-ring (bicyclic) bond motifs is 3. The highest BCUT2D eigenvalue weighted by molar-refractivity contribution is 6.36. The largest absolute Gasteiger partial charge is 0.461 e. The minimum absolute atomic E-state index is 0.0667. The molecule has 278 valence electrons. The number of hydrogen-bond acceptors (Lipinski definition) is 11. The van der Waals surface area contributed by atoms with Crippen LogP contribution in [-0.2, 0) is 17.8 Å². The fourth-order valence-electron chi connectivity index (χ4n) is 8.20. The van der Waals surface area contributed by atoms with Crippen LogP contribution in [0.15, 0.2) is 47.0 Å². The molecule has 0 radical (unpaired) electrons. The molecule has 2 aromatic heterocycles. The number of piperazine rings is 1. The summed E-state index contributed by atoms with van der Waals surface area (Å²) in [6.07, 6.45) is 9.63. The zero-order chi connectivity index (χ0) is 37.0. The van der Waals surface area contributed by atoms with Crippen molar-refractivity contribution in [3.05, 3.63) is 70.5 Å². The molecule has 3 saturated heterocycles. The Hall–Kier alpha value is -4.73. The van der Waals surface area contributed by atoms with E-state index >= 15 is 0 Å². The van der Waals surface area contributed by atoms with Crippen LogP contribution in [0.1, 0.15) is 81.8 Å². The van der Waals surface area contributed by atoms with Gasteiger partial charge in [0.25, 0.3) is 5.89 Å². The smallest absolute Gasteiger partial charge is 0.318 e. The molecule has 0 bridgehead atoms. The Bertz CT molecular complexity index is 1990. The van der Waals surface area contributed by atoms with Crippen LogP contribution in [0, 0.1) is 11.3 Å². The fourth-order valence-corrected chi connectivity index (χ4v) is 8.48. The Morgan fingerprint density at radius 1 is 1.04 bits per heavy atom. The third-order valence-electron chi connectivity index (χ3n) is 11.2. The maximum absolute atomic E-state index is 13.2. The molecular weight excluding hydrogens is 690 g/mol. The van der Waals surface area contributed by atoms with Crippen LogP contribution < -0.4 is 14.5 Å². The van der Waals surface area contributed by atoms with Gasteiger partial charge in [-0.05, 0) is 69.1 Å². The summed E-state index contributed by atoms with van der Waals surface area (Å²) in [7, 11) is 0. The summed E-state index contributed by atoms with van der Waals surface area (Å²) >= 11 is 6.76. The number of carbonyl (C=O) groups is 1. The lowest BCUT2D eigenvalue weighted by molar-refractivity contribution is -0.126. The van der Waals surface area contributed by atoms with E-state index in [1.54, 1.807) is 12.1 Å². The van der Waals surface area contributed by atoms with Crippen molar-refractivity contribution in [1.29, 1.82) is 5.26 Å². The third kappa shape index (κ3) is 7.69. The van der Waals surface area contributed by atoms with Crippen molar-refractivity contribution in [3.8, 4) is 12.1 Å². The highest BCUT2D eigenvalue weighted by Gasteiger charge is 2.45. The van der Waals surface area contributed by atoms with E-state index in [9.17, 15) is 4.79 Å². The van der Waals surface area contributed by atoms with Crippen LogP contribution in [0.4, 0.5) is 11.5 Å². The lowest BCUT2D eigenvalue weighted by Crippen LogP contribution is -2.49. The van der Waals surface area contributed by atoms with E-state index in [1.165, 1.54) is 25.8 Å². The summed E-state index contributed by atoms with van der Waals surface area (Å²) in [6, 6.07) is 14.6. The molecule has 0 N–H and O–H groups in total. The van der Waals surface area contributed by atoms with E-state index in [-0.39, 0.29) is 17.4 Å². The Morgan fingerprint density at radius 3 is 2.51 bits per heavy atom. The Morgan fingerprint density at radius 2 is 1.77 bits per heavy atom. The van der Waals surface area contributed by atoms with E-state index in [0.29, 0.717) is 57.1 Å². The number of hydrogen-bond donors (Lipinski definition) is 0. The molecule has 12 nitrogen and oxygen atoms in total. The van der Waals surface area contributed by atoms with Gasteiger partial charge in [-0.25, -0.2) is 0 Å². The van der Waals surface area contributed by atoms with Crippen molar-refractivity contribution >= 4 is 45.9 Å². The van der Waals surface area contributed by atoms with Crippen LogP contribution >= 0.6 is 11.6 Å². The first-order valence-electron chi connectivity index (χ1n) is 18.9. The van der Waals surface area contributed by atoms with Crippen LogP contribution in [-0.4, -0.2) is 93.8 Å². The zero-order valence-corrected chi connectivity index (χ0v) is 31.7. The van der Waals surface area contributed by atoms with Crippen molar-refractivity contribution in [3.63, 3.8) is 0 Å². The van der Waals surface area contributed by atoms with Gasteiger partial charge in [0.05, 0.1) is 28.9 Å². The highest BCUT2D eigenvalue weighted by Crippen LogP contribution is 2.40.